The zero-order chi connectivity index (χ0) is 24.1. The van der Waals surface area contributed by atoms with Gasteiger partial charge in [-0.25, -0.2) is 13.8 Å². The lowest BCUT2D eigenvalue weighted by Crippen LogP contribution is -2.27. The third-order valence-corrected chi connectivity index (χ3v) is 5.69. The van der Waals surface area contributed by atoms with Crippen LogP contribution in [0.3, 0.4) is 0 Å². The van der Waals surface area contributed by atoms with Crippen molar-refractivity contribution in [2.24, 2.45) is 0 Å². The van der Waals surface area contributed by atoms with Crippen LogP contribution >= 0.6 is 0 Å². The van der Waals surface area contributed by atoms with Crippen LogP contribution in [-0.2, 0) is 0 Å². The second-order valence-electron chi connectivity index (χ2n) is 8.20. The maximum atomic E-state index is 12.4. The smallest absolute Gasteiger partial charge is 0.272 e. The number of carbonyl (C=O) groups excluding carboxylic acids is 1. The molecule has 1 aliphatic heterocycles. The molecule has 2 aromatic heterocycles. The van der Waals surface area contributed by atoms with E-state index in [1.165, 1.54) is 6.20 Å². The Morgan fingerprint density at radius 3 is 2.79 bits per heavy atom. The molecule has 0 bridgehead atoms. The highest BCUT2D eigenvalue weighted by atomic mass is 19.3. The van der Waals surface area contributed by atoms with E-state index in [1.807, 2.05) is 37.3 Å². The molecule has 1 amide bonds. The molecular formula is C24H27F2N5O3. The molecule has 1 fully saturated rings. The molecule has 34 heavy (non-hydrogen) atoms. The largest absolute Gasteiger partial charge is 0.489 e. The van der Waals surface area contributed by atoms with E-state index in [9.17, 15) is 13.6 Å². The van der Waals surface area contributed by atoms with Crippen LogP contribution in [0.25, 0.3) is 0 Å². The number of carbonyl (C=O) groups is 1. The van der Waals surface area contributed by atoms with E-state index in [0.29, 0.717) is 12.1 Å². The van der Waals surface area contributed by atoms with Gasteiger partial charge in [0.25, 0.3) is 12.3 Å². The van der Waals surface area contributed by atoms with E-state index in [2.05, 4.69) is 25.4 Å². The topological polar surface area (TPSA) is 92.4 Å². The zero-order valence-electron chi connectivity index (χ0n) is 19.0. The lowest BCUT2D eigenvalue weighted by Gasteiger charge is -2.20. The normalized spacial score (nSPS) is 16.5. The Morgan fingerprint density at radius 2 is 2.09 bits per heavy atom. The van der Waals surface area contributed by atoms with Crippen LogP contribution in [0.1, 0.15) is 41.0 Å². The van der Waals surface area contributed by atoms with Gasteiger partial charge in [0.1, 0.15) is 11.9 Å². The maximum absolute atomic E-state index is 12.4. The Morgan fingerprint density at radius 1 is 1.29 bits per heavy atom. The number of pyridine rings is 1. The number of aryl methyl sites for hydroxylation is 1. The van der Waals surface area contributed by atoms with Crippen molar-refractivity contribution < 1.29 is 23.0 Å². The molecule has 0 radical (unpaired) electrons. The number of rotatable bonds is 9. The number of H-pyrrole nitrogens is 1. The first-order valence-corrected chi connectivity index (χ1v) is 11.1. The standard InChI is InChI=1S/C24H27F2N5O3/c1-15(29-24(32)21-12-28-30-16(21)2)17-3-5-19(6-4-17)34-20-8-10-31(13-20)18-7-9-27-23(11-18)33-14-22(25)26/h3-7,9,11-12,15,20,22H,8,10,13-14H2,1-2H3,(H,28,30)(H,29,32)/t15-,20+/m0/s1. The summed E-state index contributed by atoms with van der Waals surface area (Å²) in [4.78, 5) is 18.5. The summed E-state index contributed by atoms with van der Waals surface area (Å²) >= 11 is 0. The van der Waals surface area contributed by atoms with Crippen molar-refractivity contribution >= 4 is 11.6 Å². The lowest BCUT2D eigenvalue weighted by molar-refractivity contribution is 0.0796. The predicted molar refractivity (Wildman–Crippen MR) is 123 cm³/mol. The van der Waals surface area contributed by atoms with Gasteiger partial charge in [-0.3, -0.25) is 9.89 Å². The van der Waals surface area contributed by atoms with Crippen molar-refractivity contribution in [2.45, 2.75) is 38.8 Å². The number of halogens is 2. The Kier molecular flexibility index (Phi) is 7.24. The van der Waals surface area contributed by atoms with Crippen molar-refractivity contribution in [3.8, 4) is 11.6 Å². The number of nitrogens with zero attached hydrogens (tertiary/aromatic N) is 3. The van der Waals surface area contributed by atoms with Crippen LogP contribution in [0, 0.1) is 6.92 Å². The van der Waals surface area contributed by atoms with E-state index in [4.69, 9.17) is 9.47 Å². The van der Waals surface area contributed by atoms with Crippen LogP contribution in [0.5, 0.6) is 11.6 Å². The van der Waals surface area contributed by atoms with Crippen molar-refractivity contribution in [2.75, 3.05) is 24.6 Å². The SMILES string of the molecule is Cc1[nH]ncc1C(=O)N[C@@H](C)c1ccc(O[C@@H]2CCN(c3ccnc(OCC(F)F)c3)C2)cc1. The highest BCUT2D eigenvalue weighted by Crippen LogP contribution is 2.26. The first kappa shape index (κ1) is 23.5. The fraction of sp³-hybridized carbons (Fsp3) is 0.375. The molecule has 180 valence electrons. The molecule has 0 saturated carbocycles. The molecule has 4 rings (SSSR count). The van der Waals surface area contributed by atoms with Crippen molar-refractivity contribution in [3.63, 3.8) is 0 Å². The van der Waals surface area contributed by atoms with Crippen LogP contribution < -0.4 is 19.7 Å². The number of aromatic amines is 1. The van der Waals surface area contributed by atoms with E-state index >= 15 is 0 Å². The number of alkyl halides is 2. The van der Waals surface area contributed by atoms with Gasteiger partial charge in [0, 0.05) is 36.6 Å². The molecule has 10 heteroatoms. The average Bonchev–Trinajstić information content (AvgIpc) is 3.47. The summed E-state index contributed by atoms with van der Waals surface area (Å²) < 4.78 is 35.9. The van der Waals surface area contributed by atoms with Gasteiger partial charge in [0.2, 0.25) is 5.88 Å². The zero-order valence-corrected chi connectivity index (χ0v) is 19.0. The molecule has 3 heterocycles. The summed E-state index contributed by atoms with van der Waals surface area (Å²) in [6.07, 6.45) is 1.35. The average molecular weight is 472 g/mol. The van der Waals surface area contributed by atoms with Gasteiger partial charge in [-0.2, -0.15) is 5.10 Å². The Balaban J connectivity index is 1.30. The third kappa shape index (κ3) is 5.81. The predicted octanol–water partition coefficient (Wildman–Crippen LogP) is 3.91. The number of aromatic nitrogens is 3. The van der Waals surface area contributed by atoms with Gasteiger partial charge < -0.3 is 19.7 Å². The quantitative estimate of drug-likeness (QED) is 0.492. The van der Waals surface area contributed by atoms with E-state index < -0.39 is 13.0 Å². The fourth-order valence-corrected chi connectivity index (χ4v) is 3.85. The van der Waals surface area contributed by atoms with Crippen LogP contribution in [-0.4, -0.2) is 53.3 Å². The molecule has 1 aromatic carbocycles. The van der Waals surface area contributed by atoms with Gasteiger partial charge in [-0.05, 0) is 37.6 Å². The van der Waals surface area contributed by atoms with E-state index in [1.54, 1.807) is 19.2 Å². The number of amides is 1. The monoisotopic (exact) mass is 471 g/mol. The molecule has 3 aromatic rings. The van der Waals surface area contributed by atoms with Crippen LogP contribution in [0.4, 0.5) is 14.5 Å². The molecule has 1 saturated heterocycles. The minimum atomic E-state index is -2.54. The van der Waals surface area contributed by atoms with Gasteiger partial charge >= 0.3 is 0 Å². The lowest BCUT2D eigenvalue weighted by atomic mass is 10.1. The fourth-order valence-electron chi connectivity index (χ4n) is 3.85. The van der Waals surface area contributed by atoms with Gasteiger partial charge in [-0.15, -0.1) is 0 Å². The summed E-state index contributed by atoms with van der Waals surface area (Å²) in [5, 5.41) is 9.62. The highest BCUT2D eigenvalue weighted by molar-refractivity contribution is 5.95. The number of ether oxygens (including phenoxy) is 2. The minimum absolute atomic E-state index is 0.00867. The van der Waals surface area contributed by atoms with Crippen LogP contribution in [0.2, 0.25) is 0 Å². The molecule has 1 aliphatic rings. The molecule has 0 spiro atoms. The van der Waals surface area contributed by atoms with Gasteiger partial charge in [0.05, 0.1) is 24.3 Å². The van der Waals surface area contributed by atoms with Crippen molar-refractivity contribution in [1.82, 2.24) is 20.5 Å². The maximum Gasteiger partial charge on any atom is 0.272 e. The number of benzene rings is 1. The summed E-state index contributed by atoms with van der Waals surface area (Å²) in [6, 6.07) is 11.0. The molecule has 0 unspecified atom stereocenters. The number of anilines is 1. The van der Waals surface area contributed by atoms with Gasteiger partial charge in [-0.1, -0.05) is 12.1 Å². The summed E-state index contributed by atoms with van der Waals surface area (Å²) in [7, 11) is 0. The second kappa shape index (κ2) is 10.5. The Labute approximate surface area is 196 Å². The molecular weight excluding hydrogens is 444 g/mol. The summed E-state index contributed by atoms with van der Waals surface area (Å²) in [5.41, 5.74) is 3.07. The Bertz CT molecular complexity index is 1110. The molecule has 2 atom stereocenters. The Hall–Kier alpha value is -3.69. The van der Waals surface area contributed by atoms with Gasteiger partial charge in [0.15, 0.2) is 6.61 Å². The molecule has 0 aliphatic carbocycles. The van der Waals surface area contributed by atoms with E-state index in [-0.39, 0.29) is 23.9 Å². The van der Waals surface area contributed by atoms with Crippen molar-refractivity contribution in [3.05, 3.63) is 65.6 Å². The van der Waals surface area contributed by atoms with Crippen LogP contribution in [0.15, 0.2) is 48.8 Å². The first-order chi connectivity index (χ1) is 16.4. The number of hydrogen-bond acceptors (Lipinski definition) is 6. The number of hydrogen-bond donors (Lipinski definition) is 2. The summed E-state index contributed by atoms with van der Waals surface area (Å²) in [6.45, 7) is 4.49. The number of nitrogens with one attached hydrogen (secondary N) is 2. The highest BCUT2D eigenvalue weighted by Gasteiger charge is 2.25. The second-order valence-corrected chi connectivity index (χ2v) is 8.20. The minimum Gasteiger partial charge on any atom is -0.489 e. The first-order valence-electron chi connectivity index (χ1n) is 11.1. The molecule has 2 N–H and O–H groups in total. The molecule has 8 nitrogen and oxygen atoms in total. The van der Waals surface area contributed by atoms with E-state index in [0.717, 1.165) is 35.7 Å². The third-order valence-electron chi connectivity index (χ3n) is 5.69. The summed E-state index contributed by atoms with van der Waals surface area (Å²) in [5.74, 6) is 0.751. The van der Waals surface area contributed by atoms with Crippen molar-refractivity contribution in [1.29, 1.82) is 0 Å².